The molecule has 0 spiro atoms. The molecule has 10 nitrogen and oxygen atoms in total. The molecule has 0 saturated carbocycles. The van der Waals surface area contributed by atoms with E-state index in [0.717, 1.165) is 68.4 Å². The number of amides is 2. The van der Waals surface area contributed by atoms with E-state index in [1.165, 1.54) is 26.3 Å². The molecule has 12 heteroatoms. The molecule has 2 amide bonds. The normalized spacial score (nSPS) is 17.8. The predicted octanol–water partition coefficient (Wildman–Crippen LogP) is 0.220. The fourth-order valence-electron chi connectivity index (χ4n) is 5.68. The number of ether oxygens (including phenoxy) is 1. The summed E-state index contributed by atoms with van der Waals surface area (Å²) in [6.45, 7) is 1.72. The number of carbonyl (C=O) groups excluding carboxylic acids is 1. The first-order chi connectivity index (χ1) is 16.9. The van der Waals surface area contributed by atoms with Crippen LogP contribution in [0.2, 0.25) is 0 Å². The molecule has 1 aromatic heterocycles. The van der Waals surface area contributed by atoms with Crippen molar-refractivity contribution in [3.05, 3.63) is 45.4 Å². The second-order valence-electron chi connectivity index (χ2n) is 9.72. The van der Waals surface area contributed by atoms with Gasteiger partial charge in [-0.3, -0.25) is 9.10 Å². The Morgan fingerprint density at radius 1 is 1.17 bits per heavy atom. The van der Waals surface area contributed by atoms with Crippen LogP contribution in [0.15, 0.2) is 18.5 Å². The van der Waals surface area contributed by atoms with Gasteiger partial charge in [0, 0.05) is 13.2 Å². The van der Waals surface area contributed by atoms with Crippen LogP contribution in [0.4, 0.5) is 16.2 Å². The molecule has 0 atom stereocenters. The zero-order valence-electron chi connectivity index (χ0n) is 21.4. The number of rotatable bonds is 7. The Balaban J connectivity index is 0.00000304. The molecule has 1 aliphatic heterocycles. The Morgan fingerprint density at radius 3 is 2.42 bits per heavy atom. The van der Waals surface area contributed by atoms with Crippen LogP contribution in [0, 0.1) is 0 Å². The number of methoxy groups -OCH3 is 1. The van der Waals surface area contributed by atoms with Crippen molar-refractivity contribution in [1.29, 1.82) is 0 Å². The molecule has 0 bridgehead atoms. The molecule has 1 aromatic carbocycles. The Hall–Kier alpha value is -1.63. The first-order valence-corrected chi connectivity index (χ1v) is 13.7. The number of likely N-dealkylation sites (tertiary alicyclic amines) is 1. The minimum atomic E-state index is -4.31. The van der Waals surface area contributed by atoms with Gasteiger partial charge in [-0.25, -0.2) is 13.1 Å². The average Bonchev–Trinajstić information content (AvgIpc) is 3.56. The molecular formula is C24H33N6NaO4S. The molecule has 190 valence electrons. The van der Waals surface area contributed by atoms with E-state index in [2.05, 4.69) is 26.1 Å². The summed E-state index contributed by atoms with van der Waals surface area (Å²) < 4.78 is 38.8. The molecule has 3 aliphatic rings. The smallest absolute Gasteiger partial charge is 0.423 e. The molecule has 1 saturated heterocycles. The number of piperidine rings is 1. The van der Waals surface area contributed by atoms with Crippen molar-refractivity contribution in [2.45, 2.75) is 64.1 Å². The molecule has 0 radical (unpaired) electrons. The topological polar surface area (TPSA) is 111 Å². The number of nitrogens with zero attached hydrogens (tertiary/aromatic N) is 5. The summed E-state index contributed by atoms with van der Waals surface area (Å²) >= 11 is 0. The van der Waals surface area contributed by atoms with Gasteiger partial charge < -0.3 is 19.7 Å². The molecular weight excluding hydrogens is 491 g/mol. The second kappa shape index (κ2) is 11.4. The minimum absolute atomic E-state index is 0. The summed E-state index contributed by atoms with van der Waals surface area (Å²) in [5.74, 6) is 0. The van der Waals surface area contributed by atoms with E-state index in [-0.39, 0.29) is 42.3 Å². The number of benzene rings is 1. The number of carbonyl (C=O) groups is 1. The van der Waals surface area contributed by atoms with Crippen LogP contribution in [-0.4, -0.2) is 62.4 Å². The van der Waals surface area contributed by atoms with Crippen LogP contribution in [0.25, 0.3) is 4.72 Å². The van der Waals surface area contributed by atoms with Gasteiger partial charge in [0.2, 0.25) is 0 Å². The number of aryl methyl sites for hydroxylation is 2. The Kier molecular flexibility index (Phi) is 8.68. The number of anilines is 2. The van der Waals surface area contributed by atoms with Gasteiger partial charge in [-0.2, -0.15) is 5.10 Å². The van der Waals surface area contributed by atoms with E-state index in [4.69, 9.17) is 4.74 Å². The maximum absolute atomic E-state index is 13.6. The quantitative estimate of drug-likeness (QED) is 0.519. The summed E-state index contributed by atoms with van der Waals surface area (Å²) in [5.41, 5.74) is 5.98. The van der Waals surface area contributed by atoms with Gasteiger partial charge in [0.05, 0.1) is 18.1 Å². The van der Waals surface area contributed by atoms with Crippen LogP contribution in [0.1, 0.15) is 47.9 Å². The monoisotopic (exact) mass is 524 g/mol. The average molecular weight is 525 g/mol. The summed E-state index contributed by atoms with van der Waals surface area (Å²) in [4.78, 5) is 15.2. The van der Waals surface area contributed by atoms with Crippen molar-refractivity contribution < 1.29 is 47.5 Å². The van der Waals surface area contributed by atoms with E-state index >= 15 is 0 Å². The van der Waals surface area contributed by atoms with Crippen molar-refractivity contribution in [3.63, 3.8) is 0 Å². The van der Waals surface area contributed by atoms with E-state index in [1.807, 2.05) is 7.05 Å². The van der Waals surface area contributed by atoms with Crippen LogP contribution < -0.4 is 39.2 Å². The van der Waals surface area contributed by atoms with Gasteiger partial charge in [-0.05, 0) is 99.4 Å². The zero-order valence-corrected chi connectivity index (χ0v) is 24.2. The maximum Gasteiger partial charge on any atom is 1.00 e. The fraction of sp³-hybridized carbons (Fsp3) is 0.583. The SMILES string of the molecule is COCn1cc(N(C2CCN(C)CC2)S(=O)(=O)[N-]C(=O)Nc2c3c(cc4c2CCC4)CCC3)cn1.[Na+]. The Bertz CT molecular complexity index is 1180. The summed E-state index contributed by atoms with van der Waals surface area (Å²) in [7, 11) is -0.749. The molecule has 2 aromatic rings. The van der Waals surface area contributed by atoms with Gasteiger partial charge >= 0.3 is 29.6 Å². The largest absolute Gasteiger partial charge is 1.00 e. The number of nitrogens with one attached hydrogen (secondary N) is 1. The summed E-state index contributed by atoms with van der Waals surface area (Å²) in [5, 5.41) is 7.09. The fourth-order valence-corrected chi connectivity index (χ4v) is 6.97. The van der Waals surface area contributed by atoms with Crippen LogP contribution in [0.3, 0.4) is 0 Å². The van der Waals surface area contributed by atoms with Gasteiger partial charge in [0.25, 0.3) is 10.2 Å². The number of hydrogen-bond donors (Lipinski definition) is 1. The molecule has 1 fully saturated rings. The number of aromatic nitrogens is 2. The van der Waals surface area contributed by atoms with Gasteiger partial charge in [0.1, 0.15) is 6.73 Å². The van der Waals surface area contributed by atoms with Gasteiger partial charge in [0.15, 0.2) is 6.03 Å². The molecule has 1 N–H and O–H groups in total. The molecule has 2 aliphatic carbocycles. The third kappa shape index (κ3) is 5.61. The summed E-state index contributed by atoms with van der Waals surface area (Å²) in [6.07, 6.45) is 10.3. The third-order valence-corrected chi connectivity index (χ3v) is 8.71. The number of urea groups is 1. The van der Waals surface area contributed by atoms with Crippen molar-refractivity contribution in [1.82, 2.24) is 14.7 Å². The number of fused-ring (bicyclic) bond motifs is 2. The van der Waals surface area contributed by atoms with Crippen molar-refractivity contribution in [2.24, 2.45) is 0 Å². The van der Waals surface area contributed by atoms with Crippen molar-refractivity contribution >= 4 is 27.6 Å². The molecule has 2 heterocycles. The summed E-state index contributed by atoms with van der Waals surface area (Å²) in [6, 6.07) is 1.12. The van der Waals surface area contributed by atoms with Crippen LogP contribution in [-0.2, 0) is 47.4 Å². The van der Waals surface area contributed by atoms with Crippen molar-refractivity contribution in [3.8, 4) is 0 Å². The Morgan fingerprint density at radius 2 is 1.81 bits per heavy atom. The first kappa shape index (κ1) is 27.4. The van der Waals surface area contributed by atoms with E-state index in [1.54, 1.807) is 13.3 Å². The minimum Gasteiger partial charge on any atom is -0.423 e. The second-order valence-corrected chi connectivity index (χ2v) is 11.2. The predicted molar refractivity (Wildman–Crippen MR) is 134 cm³/mol. The maximum atomic E-state index is 13.6. The molecule has 36 heavy (non-hydrogen) atoms. The van der Waals surface area contributed by atoms with E-state index in [9.17, 15) is 13.2 Å². The van der Waals surface area contributed by atoms with E-state index < -0.39 is 16.2 Å². The first-order valence-electron chi connectivity index (χ1n) is 12.3. The van der Waals surface area contributed by atoms with E-state index in [0.29, 0.717) is 18.5 Å². The van der Waals surface area contributed by atoms with Crippen molar-refractivity contribution in [2.75, 3.05) is 36.9 Å². The number of hydrogen-bond acceptors (Lipinski definition) is 6. The van der Waals surface area contributed by atoms with Gasteiger partial charge in [-0.15, -0.1) is 0 Å². The molecule has 0 unspecified atom stereocenters. The standard InChI is InChI=1S/C24H34N6O4S.Na/c1-28-11-9-19(10-12-28)30(20-14-25-29(15-20)16-34-2)35(32,33)27-24(31)26-23-21-7-3-5-17(21)13-18-6-4-8-22(18)23;/h13-15,19H,3-12,16H2,1-2H3,(H2,26,27,31);/q;+1/p-1. The molecule has 5 rings (SSSR count). The third-order valence-electron chi connectivity index (χ3n) is 7.31. The van der Waals surface area contributed by atoms with Crippen LogP contribution in [0.5, 0.6) is 0 Å². The Labute approximate surface area is 235 Å². The van der Waals surface area contributed by atoms with Crippen LogP contribution >= 0.6 is 0 Å². The van der Waals surface area contributed by atoms with Gasteiger partial charge in [-0.1, -0.05) is 6.07 Å². The zero-order chi connectivity index (χ0) is 24.6.